The summed E-state index contributed by atoms with van der Waals surface area (Å²) in [5.74, 6) is 1.76. The Balaban J connectivity index is 1.74. The fraction of sp³-hybridized carbons (Fsp3) is 0.500. The molecular formula is C14H17BrN4O. The van der Waals surface area contributed by atoms with Gasteiger partial charge in [-0.15, -0.1) is 0 Å². The van der Waals surface area contributed by atoms with Crippen molar-refractivity contribution in [3.05, 3.63) is 28.8 Å². The van der Waals surface area contributed by atoms with Gasteiger partial charge < -0.3 is 9.84 Å². The highest BCUT2D eigenvalue weighted by Gasteiger charge is 2.25. The molecule has 20 heavy (non-hydrogen) atoms. The van der Waals surface area contributed by atoms with Gasteiger partial charge in [-0.05, 0) is 54.7 Å². The Labute approximate surface area is 126 Å². The van der Waals surface area contributed by atoms with Gasteiger partial charge in [0.05, 0.1) is 0 Å². The zero-order chi connectivity index (χ0) is 13.9. The molecule has 1 fully saturated rings. The van der Waals surface area contributed by atoms with Crippen molar-refractivity contribution in [3.8, 4) is 11.4 Å². The Morgan fingerprint density at radius 1 is 1.25 bits per heavy atom. The first-order valence-electron chi connectivity index (χ1n) is 6.88. The molecule has 2 heterocycles. The lowest BCUT2D eigenvalue weighted by Crippen LogP contribution is -2.29. The van der Waals surface area contributed by atoms with Crippen molar-refractivity contribution in [2.75, 3.05) is 7.05 Å². The van der Waals surface area contributed by atoms with Gasteiger partial charge in [0.15, 0.2) is 0 Å². The molecule has 1 aliphatic carbocycles. The van der Waals surface area contributed by atoms with Crippen molar-refractivity contribution in [1.82, 2.24) is 20.4 Å². The molecule has 5 nitrogen and oxygen atoms in total. The molecule has 0 aliphatic heterocycles. The van der Waals surface area contributed by atoms with Crippen LogP contribution < -0.4 is 5.32 Å². The zero-order valence-electron chi connectivity index (χ0n) is 11.3. The minimum atomic E-state index is 0.390. The first-order chi connectivity index (χ1) is 9.76. The second-order valence-electron chi connectivity index (χ2n) is 5.19. The number of hydrogen-bond acceptors (Lipinski definition) is 5. The molecule has 3 rings (SSSR count). The van der Waals surface area contributed by atoms with E-state index in [0.717, 1.165) is 41.6 Å². The standard InChI is InChI=1S/C14H17BrN4O/c1-16-12-4-2-9(3-5-12)14-18-13(19-20-14)10-6-11(15)8-17-7-10/h6-9,12,16H,2-5H2,1H3. The van der Waals surface area contributed by atoms with Crippen LogP contribution in [0.4, 0.5) is 0 Å². The SMILES string of the molecule is CNC1CCC(c2nc(-c3cncc(Br)c3)no2)CC1. The van der Waals surface area contributed by atoms with Crippen LogP contribution in [0.3, 0.4) is 0 Å². The van der Waals surface area contributed by atoms with Crippen LogP contribution in [0.5, 0.6) is 0 Å². The maximum Gasteiger partial charge on any atom is 0.230 e. The van der Waals surface area contributed by atoms with Crippen molar-refractivity contribution < 1.29 is 4.52 Å². The molecule has 1 saturated carbocycles. The van der Waals surface area contributed by atoms with Gasteiger partial charge in [-0.2, -0.15) is 4.98 Å². The van der Waals surface area contributed by atoms with E-state index >= 15 is 0 Å². The minimum Gasteiger partial charge on any atom is -0.339 e. The zero-order valence-corrected chi connectivity index (χ0v) is 12.9. The molecule has 0 spiro atoms. The van der Waals surface area contributed by atoms with E-state index in [1.54, 1.807) is 12.4 Å². The lowest BCUT2D eigenvalue weighted by atomic mass is 9.86. The fourth-order valence-electron chi connectivity index (χ4n) is 2.68. The maximum atomic E-state index is 5.44. The number of nitrogens with one attached hydrogen (secondary N) is 1. The van der Waals surface area contributed by atoms with Crippen LogP contribution in [0.15, 0.2) is 27.5 Å². The maximum absolute atomic E-state index is 5.44. The van der Waals surface area contributed by atoms with E-state index < -0.39 is 0 Å². The molecule has 0 bridgehead atoms. The molecule has 0 amide bonds. The Morgan fingerprint density at radius 3 is 2.75 bits per heavy atom. The van der Waals surface area contributed by atoms with Gasteiger partial charge in [-0.1, -0.05) is 5.16 Å². The van der Waals surface area contributed by atoms with Gasteiger partial charge in [0.1, 0.15) is 0 Å². The summed E-state index contributed by atoms with van der Waals surface area (Å²) >= 11 is 3.40. The smallest absolute Gasteiger partial charge is 0.230 e. The summed E-state index contributed by atoms with van der Waals surface area (Å²) in [6.45, 7) is 0. The molecule has 6 heteroatoms. The first-order valence-corrected chi connectivity index (χ1v) is 7.67. The van der Waals surface area contributed by atoms with Crippen LogP contribution in [0.25, 0.3) is 11.4 Å². The second kappa shape index (κ2) is 6.01. The van der Waals surface area contributed by atoms with Crippen molar-refractivity contribution in [3.63, 3.8) is 0 Å². The quantitative estimate of drug-likeness (QED) is 0.932. The Hall–Kier alpha value is -1.27. The third-order valence-corrected chi connectivity index (χ3v) is 4.32. The van der Waals surface area contributed by atoms with Gasteiger partial charge >= 0.3 is 0 Å². The van der Waals surface area contributed by atoms with Crippen LogP contribution >= 0.6 is 15.9 Å². The van der Waals surface area contributed by atoms with Crippen LogP contribution in [0.1, 0.15) is 37.5 Å². The highest BCUT2D eigenvalue weighted by atomic mass is 79.9. The second-order valence-corrected chi connectivity index (χ2v) is 6.10. The summed E-state index contributed by atoms with van der Waals surface area (Å²) in [6.07, 6.45) is 8.02. The van der Waals surface area contributed by atoms with E-state index in [1.165, 1.54) is 0 Å². The molecule has 0 aromatic carbocycles. The van der Waals surface area contributed by atoms with Crippen LogP contribution in [0, 0.1) is 0 Å². The number of nitrogens with zero attached hydrogens (tertiary/aromatic N) is 3. The summed E-state index contributed by atoms with van der Waals surface area (Å²) < 4.78 is 6.36. The minimum absolute atomic E-state index is 0.390. The first kappa shape index (κ1) is 13.7. The summed E-state index contributed by atoms with van der Waals surface area (Å²) in [7, 11) is 2.02. The Bertz CT molecular complexity index is 578. The average Bonchev–Trinajstić information content (AvgIpc) is 2.97. The number of aromatic nitrogens is 3. The number of hydrogen-bond donors (Lipinski definition) is 1. The number of pyridine rings is 1. The molecule has 0 radical (unpaired) electrons. The molecule has 2 aromatic heterocycles. The molecule has 0 saturated heterocycles. The molecule has 0 unspecified atom stereocenters. The van der Waals surface area contributed by atoms with Crippen LogP contribution in [0.2, 0.25) is 0 Å². The van der Waals surface area contributed by atoms with Gasteiger partial charge in [-0.25, -0.2) is 0 Å². The highest BCUT2D eigenvalue weighted by molar-refractivity contribution is 9.10. The van der Waals surface area contributed by atoms with Gasteiger partial charge in [0, 0.05) is 34.4 Å². The molecule has 106 valence electrons. The lowest BCUT2D eigenvalue weighted by molar-refractivity contribution is 0.289. The summed E-state index contributed by atoms with van der Waals surface area (Å²) in [4.78, 5) is 8.66. The lowest BCUT2D eigenvalue weighted by Gasteiger charge is -2.25. The number of halogens is 1. The van der Waals surface area contributed by atoms with E-state index in [4.69, 9.17) is 4.52 Å². The largest absolute Gasteiger partial charge is 0.339 e. The molecular weight excluding hydrogens is 320 g/mol. The molecule has 1 N–H and O–H groups in total. The molecule has 2 aromatic rings. The third-order valence-electron chi connectivity index (χ3n) is 3.89. The van der Waals surface area contributed by atoms with E-state index in [0.29, 0.717) is 17.8 Å². The van der Waals surface area contributed by atoms with Crippen molar-refractivity contribution in [2.24, 2.45) is 0 Å². The Kier molecular flexibility index (Phi) is 4.12. The van der Waals surface area contributed by atoms with E-state index in [9.17, 15) is 0 Å². The highest BCUT2D eigenvalue weighted by Crippen LogP contribution is 2.32. The van der Waals surface area contributed by atoms with E-state index in [2.05, 4.69) is 36.4 Å². The van der Waals surface area contributed by atoms with Crippen LogP contribution in [-0.2, 0) is 0 Å². The average molecular weight is 337 g/mol. The Morgan fingerprint density at radius 2 is 2.05 bits per heavy atom. The third kappa shape index (κ3) is 2.91. The van der Waals surface area contributed by atoms with E-state index in [1.807, 2.05) is 13.1 Å². The topological polar surface area (TPSA) is 63.8 Å². The fourth-order valence-corrected chi connectivity index (χ4v) is 3.05. The molecule has 0 atom stereocenters. The van der Waals surface area contributed by atoms with Gasteiger partial charge in [0.25, 0.3) is 0 Å². The normalized spacial score (nSPS) is 22.9. The van der Waals surface area contributed by atoms with Gasteiger partial charge in [0.2, 0.25) is 11.7 Å². The van der Waals surface area contributed by atoms with E-state index in [-0.39, 0.29) is 0 Å². The summed E-state index contributed by atoms with van der Waals surface area (Å²) in [5.41, 5.74) is 0.873. The summed E-state index contributed by atoms with van der Waals surface area (Å²) in [6, 6.07) is 2.57. The predicted octanol–water partition coefficient (Wildman–Crippen LogP) is 3.14. The summed E-state index contributed by atoms with van der Waals surface area (Å²) in [5, 5.41) is 7.41. The molecule has 1 aliphatic rings. The number of rotatable bonds is 3. The van der Waals surface area contributed by atoms with Crippen LogP contribution in [-0.4, -0.2) is 28.2 Å². The predicted molar refractivity (Wildman–Crippen MR) is 79.3 cm³/mol. The van der Waals surface area contributed by atoms with Crippen molar-refractivity contribution >= 4 is 15.9 Å². The van der Waals surface area contributed by atoms with Gasteiger partial charge in [-0.3, -0.25) is 4.98 Å². The monoisotopic (exact) mass is 336 g/mol. The van der Waals surface area contributed by atoms with Crippen molar-refractivity contribution in [2.45, 2.75) is 37.6 Å². The van der Waals surface area contributed by atoms with Crippen molar-refractivity contribution in [1.29, 1.82) is 0 Å².